The highest BCUT2D eigenvalue weighted by Crippen LogP contribution is 2.19. The van der Waals surface area contributed by atoms with Crippen molar-refractivity contribution < 1.29 is 0 Å². The molecule has 0 amide bonds. The van der Waals surface area contributed by atoms with Crippen LogP contribution in [0, 0.1) is 0 Å². The summed E-state index contributed by atoms with van der Waals surface area (Å²) in [6.07, 6.45) is 5.33. The summed E-state index contributed by atoms with van der Waals surface area (Å²) < 4.78 is 1.90. The number of benzene rings is 1. The lowest BCUT2D eigenvalue weighted by molar-refractivity contribution is 1.03. The van der Waals surface area contributed by atoms with Gasteiger partial charge in [-0.05, 0) is 17.7 Å². The van der Waals surface area contributed by atoms with Crippen molar-refractivity contribution in [2.75, 3.05) is 0 Å². The molecule has 0 aliphatic carbocycles. The van der Waals surface area contributed by atoms with Gasteiger partial charge in [0.25, 0.3) is 0 Å². The second-order valence-corrected chi connectivity index (χ2v) is 3.36. The molecular weight excluding hydrogens is 198 g/mol. The monoisotopic (exact) mass is 207 g/mol. The van der Waals surface area contributed by atoms with Crippen LogP contribution in [0.1, 0.15) is 5.56 Å². The Morgan fingerprint density at radius 3 is 2.86 bits per heavy atom. The van der Waals surface area contributed by atoms with Gasteiger partial charge in [0.05, 0.1) is 6.33 Å². The van der Waals surface area contributed by atoms with Crippen LogP contribution in [0.4, 0.5) is 0 Å². The number of imidazole rings is 1. The van der Waals surface area contributed by atoms with Crippen molar-refractivity contribution in [1.29, 1.82) is 0 Å². The summed E-state index contributed by atoms with van der Waals surface area (Å²) in [6.45, 7) is 0.461. The lowest BCUT2D eigenvalue weighted by atomic mass is 10.2. The maximum Gasteiger partial charge on any atom is 0.0991 e. The van der Waals surface area contributed by atoms with Crippen LogP contribution in [-0.2, 0) is 6.54 Å². The highest BCUT2D eigenvalue weighted by atomic mass is 35.5. The molecule has 2 N–H and O–H groups in total. The number of nitrogens with zero attached hydrogens (tertiary/aromatic N) is 2. The third-order valence-corrected chi connectivity index (χ3v) is 2.41. The molecule has 2 rings (SSSR count). The van der Waals surface area contributed by atoms with E-state index in [4.69, 9.17) is 17.3 Å². The molecule has 1 aromatic carbocycles. The van der Waals surface area contributed by atoms with Crippen molar-refractivity contribution in [3.63, 3.8) is 0 Å². The first-order chi connectivity index (χ1) is 6.81. The third kappa shape index (κ3) is 1.64. The quantitative estimate of drug-likeness (QED) is 0.819. The van der Waals surface area contributed by atoms with Crippen molar-refractivity contribution in [3.8, 4) is 5.69 Å². The van der Waals surface area contributed by atoms with Crippen LogP contribution in [0.2, 0.25) is 5.02 Å². The molecule has 0 bridgehead atoms. The first kappa shape index (κ1) is 9.24. The van der Waals surface area contributed by atoms with Crippen LogP contribution in [0.15, 0.2) is 36.9 Å². The van der Waals surface area contributed by atoms with Gasteiger partial charge in [-0.2, -0.15) is 0 Å². The van der Waals surface area contributed by atoms with E-state index in [0.29, 0.717) is 11.6 Å². The molecular formula is C10H10ClN3. The second kappa shape index (κ2) is 3.82. The maximum absolute atomic E-state index is 6.03. The Morgan fingerprint density at radius 1 is 1.43 bits per heavy atom. The van der Waals surface area contributed by atoms with Gasteiger partial charge in [0, 0.05) is 29.6 Å². The Labute approximate surface area is 87.1 Å². The number of hydrogen-bond acceptors (Lipinski definition) is 2. The molecule has 72 valence electrons. The van der Waals surface area contributed by atoms with Crippen LogP contribution in [-0.4, -0.2) is 9.55 Å². The van der Waals surface area contributed by atoms with Crippen molar-refractivity contribution >= 4 is 11.6 Å². The maximum atomic E-state index is 6.03. The highest BCUT2D eigenvalue weighted by Gasteiger charge is 2.00. The van der Waals surface area contributed by atoms with Crippen molar-refractivity contribution in [3.05, 3.63) is 47.5 Å². The van der Waals surface area contributed by atoms with Crippen molar-refractivity contribution in [2.45, 2.75) is 6.54 Å². The van der Waals surface area contributed by atoms with Crippen molar-refractivity contribution in [2.24, 2.45) is 5.73 Å². The van der Waals surface area contributed by atoms with E-state index in [0.717, 1.165) is 11.3 Å². The van der Waals surface area contributed by atoms with Gasteiger partial charge in [-0.25, -0.2) is 4.98 Å². The Bertz CT molecular complexity index is 423. The Morgan fingerprint density at radius 2 is 2.29 bits per heavy atom. The molecule has 0 aliphatic heterocycles. The summed E-state index contributed by atoms with van der Waals surface area (Å²) in [5.74, 6) is 0. The largest absolute Gasteiger partial charge is 0.326 e. The number of aromatic nitrogens is 2. The van der Waals surface area contributed by atoms with Crippen LogP contribution >= 0.6 is 11.6 Å². The third-order valence-electron chi connectivity index (χ3n) is 2.06. The summed E-state index contributed by atoms with van der Waals surface area (Å²) in [4.78, 5) is 3.97. The first-order valence-corrected chi connectivity index (χ1v) is 4.66. The molecule has 3 nitrogen and oxygen atoms in total. The lowest BCUT2D eigenvalue weighted by Gasteiger charge is -2.05. The number of nitrogens with two attached hydrogens (primary N) is 1. The van der Waals surface area contributed by atoms with E-state index in [-0.39, 0.29) is 0 Å². The van der Waals surface area contributed by atoms with Gasteiger partial charge in [0.2, 0.25) is 0 Å². The van der Waals surface area contributed by atoms with Crippen LogP contribution in [0.5, 0.6) is 0 Å². The van der Waals surface area contributed by atoms with Gasteiger partial charge in [0.15, 0.2) is 0 Å². The van der Waals surface area contributed by atoms with Gasteiger partial charge >= 0.3 is 0 Å². The van der Waals surface area contributed by atoms with E-state index in [2.05, 4.69) is 4.98 Å². The minimum absolute atomic E-state index is 0.461. The van der Waals surface area contributed by atoms with E-state index in [1.807, 2.05) is 29.0 Å². The fraction of sp³-hybridized carbons (Fsp3) is 0.100. The molecule has 0 atom stereocenters. The average Bonchev–Trinajstić information content (AvgIpc) is 2.70. The number of rotatable bonds is 2. The Kier molecular flexibility index (Phi) is 2.52. The van der Waals surface area contributed by atoms with Gasteiger partial charge < -0.3 is 10.3 Å². The van der Waals surface area contributed by atoms with Gasteiger partial charge in [-0.1, -0.05) is 17.7 Å². The van der Waals surface area contributed by atoms with Crippen LogP contribution in [0.3, 0.4) is 0 Å². The van der Waals surface area contributed by atoms with E-state index in [1.165, 1.54) is 0 Å². The molecule has 2 aromatic rings. The Hall–Kier alpha value is -1.32. The van der Waals surface area contributed by atoms with Crippen LogP contribution < -0.4 is 5.73 Å². The smallest absolute Gasteiger partial charge is 0.0991 e. The summed E-state index contributed by atoms with van der Waals surface area (Å²) in [6, 6.07) is 5.78. The van der Waals surface area contributed by atoms with E-state index < -0.39 is 0 Å². The van der Waals surface area contributed by atoms with E-state index in [9.17, 15) is 0 Å². The first-order valence-electron chi connectivity index (χ1n) is 4.28. The fourth-order valence-corrected chi connectivity index (χ4v) is 1.53. The average molecular weight is 208 g/mol. The summed E-state index contributed by atoms with van der Waals surface area (Å²) in [7, 11) is 0. The standard InChI is InChI=1S/C10H10ClN3/c11-10-5-9(2-1-8(10)6-12)14-4-3-13-7-14/h1-5,7H,6,12H2. The predicted octanol–water partition coefficient (Wildman–Crippen LogP) is 1.98. The minimum Gasteiger partial charge on any atom is -0.326 e. The molecule has 0 saturated carbocycles. The SMILES string of the molecule is NCc1ccc(-n2ccnc2)cc1Cl. The predicted molar refractivity (Wildman–Crippen MR) is 56.5 cm³/mol. The van der Waals surface area contributed by atoms with E-state index >= 15 is 0 Å². The topological polar surface area (TPSA) is 43.8 Å². The zero-order chi connectivity index (χ0) is 9.97. The highest BCUT2D eigenvalue weighted by molar-refractivity contribution is 6.31. The fourth-order valence-electron chi connectivity index (χ4n) is 1.27. The molecule has 1 aromatic heterocycles. The molecule has 0 spiro atoms. The summed E-state index contributed by atoms with van der Waals surface area (Å²) in [5, 5.41) is 0.693. The normalized spacial score (nSPS) is 10.4. The lowest BCUT2D eigenvalue weighted by Crippen LogP contribution is -1.98. The number of hydrogen-bond donors (Lipinski definition) is 1. The molecule has 0 aliphatic rings. The summed E-state index contributed by atoms with van der Waals surface area (Å²) >= 11 is 6.03. The number of halogens is 1. The Balaban J connectivity index is 2.43. The zero-order valence-electron chi connectivity index (χ0n) is 7.52. The molecule has 4 heteroatoms. The molecule has 0 unspecified atom stereocenters. The van der Waals surface area contributed by atoms with Gasteiger partial charge in [-0.15, -0.1) is 0 Å². The van der Waals surface area contributed by atoms with Crippen molar-refractivity contribution in [1.82, 2.24) is 9.55 Å². The molecule has 0 radical (unpaired) electrons. The zero-order valence-corrected chi connectivity index (χ0v) is 8.28. The second-order valence-electron chi connectivity index (χ2n) is 2.95. The van der Waals surface area contributed by atoms with Gasteiger partial charge in [0.1, 0.15) is 0 Å². The molecule has 0 saturated heterocycles. The van der Waals surface area contributed by atoms with Gasteiger partial charge in [-0.3, -0.25) is 0 Å². The van der Waals surface area contributed by atoms with E-state index in [1.54, 1.807) is 12.5 Å². The molecule has 0 fully saturated rings. The summed E-state index contributed by atoms with van der Waals surface area (Å²) in [5.41, 5.74) is 7.46. The molecule has 14 heavy (non-hydrogen) atoms. The molecule has 1 heterocycles. The minimum atomic E-state index is 0.461. The van der Waals surface area contributed by atoms with Crippen LogP contribution in [0.25, 0.3) is 5.69 Å².